The Balaban J connectivity index is 3.56. The Labute approximate surface area is 94.0 Å². The fourth-order valence-corrected chi connectivity index (χ4v) is 1.35. The molecule has 0 fully saturated rings. The molecule has 0 aliphatic carbocycles. The van der Waals surface area contributed by atoms with Gasteiger partial charge in [0.25, 0.3) is 0 Å². The Morgan fingerprint density at radius 1 is 1.13 bits per heavy atom. The number of nitrogens with one attached hydrogen (secondary N) is 2. The van der Waals surface area contributed by atoms with E-state index in [1.807, 2.05) is 0 Å². The molecule has 0 bridgehead atoms. The van der Waals surface area contributed by atoms with E-state index >= 15 is 0 Å². The van der Waals surface area contributed by atoms with Gasteiger partial charge in [0.2, 0.25) is 5.91 Å². The zero-order valence-electron chi connectivity index (χ0n) is 10.6. The summed E-state index contributed by atoms with van der Waals surface area (Å²) < 4.78 is 0. The number of carbonyl (C=O) groups is 1. The first-order chi connectivity index (χ1) is 7.13. The second-order valence-electron chi connectivity index (χ2n) is 4.23. The van der Waals surface area contributed by atoms with Crippen LogP contribution < -0.4 is 10.6 Å². The molecule has 0 rings (SSSR count). The molecule has 0 aliphatic rings. The van der Waals surface area contributed by atoms with Crippen LogP contribution in [0.1, 0.15) is 47.0 Å². The number of amides is 1. The fraction of sp³-hybridized carbons (Fsp3) is 0.917. The van der Waals surface area contributed by atoms with Gasteiger partial charge in [0, 0.05) is 6.04 Å². The average Bonchev–Trinajstić information content (AvgIpc) is 2.25. The Kier molecular flexibility index (Phi) is 8.38. The van der Waals surface area contributed by atoms with Crippen LogP contribution in [-0.4, -0.2) is 25.0 Å². The van der Waals surface area contributed by atoms with Gasteiger partial charge >= 0.3 is 0 Å². The van der Waals surface area contributed by atoms with Gasteiger partial charge in [-0.15, -0.1) is 0 Å². The highest BCUT2D eigenvalue weighted by Gasteiger charge is 2.07. The number of rotatable bonds is 8. The van der Waals surface area contributed by atoms with Gasteiger partial charge in [0.15, 0.2) is 0 Å². The molecule has 0 aromatic carbocycles. The highest BCUT2D eigenvalue weighted by Crippen LogP contribution is 1.97. The van der Waals surface area contributed by atoms with Gasteiger partial charge in [-0.25, -0.2) is 0 Å². The van der Waals surface area contributed by atoms with Gasteiger partial charge in [0.1, 0.15) is 0 Å². The lowest BCUT2D eigenvalue weighted by Gasteiger charge is -2.15. The largest absolute Gasteiger partial charge is 0.352 e. The van der Waals surface area contributed by atoms with E-state index in [9.17, 15) is 4.79 Å². The molecule has 1 unspecified atom stereocenters. The van der Waals surface area contributed by atoms with Crippen LogP contribution in [-0.2, 0) is 4.79 Å². The van der Waals surface area contributed by atoms with E-state index in [0.717, 1.165) is 25.8 Å². The third-order valence-electron chi connectivity index (χ3n) is 2.83. The molecule has 1 amide bonds. The lowest BCUT2D eigenvalue weighted by molar-refractivity contribution is -0.121. The molecule has 0 heterocycles. The van der Waals surface area contributed by atoms with Crippen molar-refractivity contribution >= 4 is 5.91 Å². The number of hydrogen-bond donors (Lipinski definition) is 2. The summed E-state index contributed by atoms with van der Waals surface area (Å²) in [5.74, 6) is 0.762. The molecule has 90 valence electrons. The van der Waals surface area contributed by atoms with Gasteiger partial charge in [-0.3, -0.25) is 4.79 Å². The Bertz CT molecular complexity index is 167. The summed E-state index contributed by atoms with van der Waals surface area (Å²) in [5, 5.41) is 6.18. The van der Waals surface area contributed by atoms with Crippen LogP contribution in [0.4, 0.5) is 0 Å². The summed E-state index contributed by atoms with van der Waals surface area (Å²) in [4.78, 5) is 11.5. The van der Waals surface area contributed by atoms with Crippen molar-refractivity contribution in [2.75, 3.05) is 13.1 Å². The summed E-state index contributed by atoms with van der Waals surface area (Å²) >= 11 is 0. The van der Waals surface area contributed by atoms with Gasteiger partial charge in [-0.1, -0.05) is 34.1 Å². The lowest BCUT2D eigenvalue weighted by Crippen LogP contribution is -2.40. The highest BCUT2D eigenvalue weighted by molar-refractivity contribution is 5.78. The second kappa shape index (κ2) is 8.72. The summed E-state index contributed by atoms with van der Waals surface area (Å²) in [7, 11) is 0. The van der Waals surface area contributed by atoms with E-state index in [0.29, 0.717) is 18.5 Å². The summed E-state index contributed by atoms with van der Waals surface area (Å²) in [5.41, 5.74) is 0. The Morgan fingerprint density at radius 3 is 2.20 bits per heavy atom. The van der Waals surface area contributed by atoms with Crippen molar-refractivity contribution in [3.8, 4) is 0 Å². The molecular formula is C12H26N2O. The predicted molar refractivity (Wildman–Crippen MR) is 64.8 cm³/mol. The van der Waals surface area contributed by atoms with Crippen LogP contribution in [0, 0.1) is 5.92 Å². The summed E-state index contributed by atoms with van der Waals surface area (Å²) in [6.45, 7) is 9.91. The molecule has 0 spiro atoms. The third kappa shape index (κ3) is 7.37. The van der Waals surface area contributed by atoms with Gasteiger partial charge in [0.05, 0.1) is 6.54 Å². The maximum atomic E-state index is 11.5. The molecule has 0 saturated heterocycles. The van der Waals surface area contributed by atoms with Gasteiger partial charge < -0.3 is 10.6 Å². The predicted octanol–water partition coefficient (Wildman–Crippen LogP) is 1.93. The molecule has 15 heavy (non-hydrogen) atoms. The minimum atomic E-state index is 0.118. The Morgan fingerprint density at radius 2 is 1.73 bits per heavy atom. The highest BCUT2D eigenvalue weighted by atomic mass is 16.1. The lowest BCUT2D eigenvalue weighted by atomic mass is 10.1. The standard InChI is InChI=1S/C12H26N2O/c1-5-10(4)8-13-9-12(15)14-11(6-2)7-3/h10-11,13H,5-9H2,1-4H3,(H,14,15). The first-order valence-electron chi connectivity index (χ1n) is 6.14. The normalized spacial score (nSPS) is 12.9. The summed E-state index contributed by atoms with van der Waals surface area (Å²) in [6.07, 6.45) is 3.17. The van der Waals surface area contributed by atoms with Crippen LogP contribution in [0.5, 0.6) is 0 Å². The van der Waals surface area contributed by atoms with E-state index in [-0.39, 0.29) is 5.91 Å². The van der Waals surface area contributed by atoms with Crippen molar-refractivity contribution in [3.63, 3.8) is 0 Å². The number of hydrogen-bond acceptors (Lipinski definition) is 2. The number of carbonyl (C=O) groups excluding carboxylic acids is 1. The van der Waals surface area contributed by atoms with Gasteiger partial charge in [-0.05, 0) is 25.3 Å². The monoisotopic (exact) mass is 214 g/mol. The van der Waals surface area contributed by atoms with E-state index in [1.165, 1.54) is 0 Å². The van der Waals surface area contributed by atoms with E-state index in [4.69, 9.17) is 0 Å². The van der Waals surface area contributed by atoms with Crippen molar-refractivity contribution in [2.24, 2.45) is 5.92 Å². The Hall–Kier alpha value is -0.570. The van der Waals surface area contributed by atoms with Crippen LogP contribution in [0.3, 0.4) is 0 Å². The van der Waals surface area contributed by atoms with Crippen LogP contribution in [0.25, 0.3) is 0 Å². The SMILES string of the molecule is CCC(C)CNCC(=O)NC(CC)CC. The minimum absolute atomic E-state index is 0.118. The second-order valence-corrected chi connectivity index (χ2v) is 4.23. The molecule has 3 nitrogen and oxygen atoms in total. The molecular weight excluding hydrogens is 188 g/mol. The van der Waals surface area contributed by atoms with Crippen molar-refractivity contribution in [2.45, 2.75) is 53.0 Å². The molecule has 0 aromatic rings. The zero-order chi connectivity index (χ0) is 11.7. The maximum Gasteiger partial charge on any atom is 0.234 e. The van der Waals surface area contributed by atoms with Crippen molar-refractivity contribution < 1.29 is 4.79 Å². The first kappa shape index (κ1) is 14.4. The molecule has 0 aliphatic heterocycles. The molecule has 0 saturated carbocycles. The van der Waals surface area contributed by atoms with E-state index in [2.05, 4.69) is 38.3 Å². The van der Waals surface area contributed by atoms with Gasteiger partial charge in [-0.2, -0.15) is 0 Å². The molecule has 0 radical (unpaired) electrons. The molecule has 1 atom stereocenters. The average molecular weight is 214 g/mol. The minimum Gasteiger partial charge on any atom is -0.352 e. The van der Waals surface area contributed by atoms with Crippen LogP contribution in [0.15, 0.2) is 0 Å². The van der Waals surface area contributed by atoms with Crippen molar-refractivity contribution in [1.82, 2.24) is 10.6 Å². The van der Waals surface area contributed by atoms with E-state index in [1.54, 1.807) is 0 Å². The third-order valence-corrected chi connectivity index (χ3v) is 2.83. The molecule has 2 N–H and O–H groups in total. The maximum absolute atomic E-state index is 11.5. The van der Waals surface area contributed by atoms with Crippen molar-refractivity contribution in [3.05, 3.63) is 0 Å². The van der Waals surface area contributed by atoms with Crippen LogP contribution in [0.2, 0.25) is 0 Å². The molecule has 3 heteroatoms. The quantitative estimate of drug-likeness (QED) is 0.648. The van der Waals surface area contributed by atoms with E-state index < -0.39 is 0 Å². The summed E-state index contributed by atoms with van der Waals surface area (Å²) in [6, 6.07) is 0.336. The first-order valence-corrected chi connectivity index (χ1v) is 6.14. The topological polar surface area (TPSA) is 41.1 Å². The van der Waals surface area contributed by atoms with Crippen molar-refractivity contribution in [1.29, 1.82) is 0 Å². The zero-order valence-corrected chi connectivity index (χ0v) is 10.6. The fourth-order valence-electron chi connectivity index (χ4n) is 1.35. The molecule has 0 aromatic heterocycles. The smallest absolute Gasteiger partial charge is 0.234 e. The van der Waals surface area contributed by atoms with Crippen LogP contribution >= 0.6 is 0 Å².